The van der Waals surface area contributed by atoms with Gasteiger partial charge in [0.1, 0.15) is 11.9 Å². The second-order valence-electron chi connectivity index (χ2n) is 13.1. The van der Waals surface area contributed by atoms with Crippen LogP contribution in [0.2, 0.25) is 0 Å². The van der Waals surface area contributed by atoms with E-state index in [-0.39, 0.29) is 24.1 Å². The average molecular weight is 580 g/mol. The number of rotatable bonds is 5. The maximum Gasteiger partial charge on any atom is 0.410 e. The molecule has 2 atom stereocenters. The summed E-state index contributed by atoms with van der Waals surface area (Å²) in [6.45, 7) is 9.12. The zero-order valence-corrected chi connectivity index (χ0v) is 25.1. The van der Waals surface area contributed by atoms with Crippen molar-refractivity contribution >= 4 is 28.6 Å². The number of oxazole rings is 1. The number of aryl methyl sites for hydroxylation is 1. The van der Waals surface area contributed by atoms with Gasteiger partial charge in [0.05, 0.1) is 29.3 Å². The predicted molar refractivity (Wildman–Crippen MR) is 164 cm³/mol. The van der Waals surface area contributed by atoms with Crippen LogP contribution in [0, 0.1) is 6.92 Å². The number of carbonyl (C=O) groups excluding carboxylic acids is 2. The highest BCUT2D eigenvalue weighted by molar-refractivity contribution is 5.98. The largest absolute Gasteiger partial charge is 0.445 e. The van der Waals surface area contributed by atoms with E-state index in [1.807, 2.05) is 56.9 Å². The average Bonchev–Trinajstić information content (AvgIpc) is 3.41. The Hall–Kier alpha value is -4.40. The molecule has 2 aromatic heterocycles. The summed E-state index contributed by atoms with van der Waals surface area (Å²) >= 11 is 0. The topological polar surface area (TPSA) is 101 Å². The minimum absolute atomic E-state index is 0.0919. The summed E-state index contributed by atoms with van der Waals surface area (Å²) in [5.74, 6) is 0.436. The maximum atomic E-state index is 13.9. The van der Waals surface area contributed by atoms with Gasteiger partial charge >= 0.3 is 6.09 Å². The number of benzene rings is 2. The van der Waals surface area contributed by atoms with Crippen LogP contribution < -0.4 is 10.2 Å². The molecule has 4 heterocycles. The van der Waals surface area contributed by atoms with Crippen LogP contribution >= 0.6 is 0 Å². The molecule has 2 saturated heterocycles. The molecule has 1 saturated carbocycles. The number of anilines is 1. The second kappa shape index (κ2) is 10.1. The van der Waals surface area contributed by atoms with Crippen molar-refractivity contribution in [2.24, 2.45) is 0 Å². The van der Waals surface area contributed by atoms with Gasteiger partial charge in [0, 0.05) is 41.5 Å². The standard InChI is InChI=1S/C34H37N5O4/c1-21-7-8-23(38-19-24-9-10-25(20-38)39(24)32(41)43-33(2,3)4)18-27(21)30(40)37-34(11-12-34)28-16-22(31-36-14-15-42-31)17-29-26(28)6-5-13-35-29/h5-8,13-18,24-25H,9-12,19-20H2,1-4H3,(H,37,40). The second-order valence-corrected chi connectivity index (χ2v) is 13.1. The quantitative estimate of drug-likeness (QED) is 0.300. The van der Waals surface area contributed by atoms with Gasteiger partial charge in [0.25, 0.3) is 5.91 Å². The molecule has 2 amide bonds. The number of piperazine rings is 1. The first-order valence-corrected chi connectivity index (χ1v) is 15.1. The Morgan fingerprint density at radius 2 is 1.79 bits per heavy atom. The molecule has 3 aliphatic rings. The minimum atomic E-state index is -0.522. The Morgan fingerprint density at radius 3 is 2.47 bits per heavy atom. The molecular formula is C34H37N5O4. The van der Waals surface area contributed by atoms with Crippen LogP contribution in [0.4, 0.5) is 10.5 Å². The van der Waals surface area contributed by atoms with Crippen LogP contribution in [0.5, 0.6) is 0 Å². The molecule has 0 spiro atoms. The van der Waals surface area contributed by atoms with Gasteiger partial charge in [-0.1, -0.05) is 12.1 Å². The van der Waals surface area contributed by atoms with Gasteiger partial charge in [-0.25, -0.2) is 9.78 Å². The fraction of sp³-hybridized carbons (Fsp3) is 0.412. The van der Waals surface area contributed by atoms with E-state index < -0.39 is 11.1 Å². The van der Waals surface area contributed by atoms with Crippen molar-refractivity contribution in [1.29, 1.82) is 0 Å². The molecule has 2 bridgehead atoms. The Bertz CT molecular complexity index is 1690. The number of nitrogens with one attached hydrogen (secondary N) is 1. The molecule has 0 radical (unpaired) electrons. The van der Waals surface area contributed by atoms with Gasteiger partial charge in [-0.3, -0.25) is 14.7 Å². The van der Waals surface area contributed by atoms with Crippen LogP contribution in [0.1, 0.15) is 67.9 Å². The van der Waals surface area contributed by atoms with E-state index in [1.54, 1.807) is 18.7 Å². The third-order valence-corrected chi connectivity index (χ3v) is 8.94. The number of fused-ring (bicyclic) bond motifs is 3. The van der Waals surface area contributed by atoms with Crippen LogP contribution in [0.15, 0.2) is 65.5 Å². The lowest BCUT2D eigenvalue weighted by atomic mass is 9.95. The van der Waals surface area contributed by atoms with Crippen molar-refractivity contribution < 1.29 is 18.7 Å². The Balaban J connectivity index is 1.14. The highest BCUT2D eigenvalue weighted by Crippen LogP contribution is 2.49. The number of hydrogen-bond donors (Lipinski definition) is 1. The Labute approximate surface area is 251 Å². The van der Waals surface area contributed by atoms with Gasteiger partial charge in [0.15, 0.2) is 0 Å². The number of pyridine rings is 1. The molecule has 1 aliphatic carbocycles. The highest BCUT2D eigenvalue weighted by Gasteiger charge is 2.48. The first-order chi connectivity index (χ1) is 20.6. The van der Waals surface area contributed by atoms with E-state index in [2.05, 4.69) is 38.4 Å². The van der Waals surface area contributed by atoms with Gasteiger partial charge < -0.3 is 19.4 Å². The van der Waals surface area contributed by atoms with E-state index >= 15 is 0 Å². The number of hydrogen-bond acceptors (Lipinski definition) is 7. The molecule has 9 heteroatoms. The molecule has 2 aliphatic heterocycles. The lowest BCUT2D eigenvalue weighted by Crippen LogP contribution is -2.56. The molecule has 3 fully saturated rings. The molecule has 43 heavy (non-hydrogen) atoms. The molecule has 4 aromatic rings. The van der Waals surface area contributed by atoms with Crippen LogP contribution in [-0.4, -0.2) is 57.6 Å². The summed E-state index contributed by atoms with van der Waals surface area (Å²) in [6, 6.07) is 14.3. The number of ether oxygens (including phenoxy) is 1. The summed E-state index contributed by atoms with van der Waals surface area (Å²) < 4.78 is 11.3. The molecule has 9 nitrogen and oxygen atoms in total. The fourth-order valence-electron chi connectivity index (χ4n) is 6.72. The van der Waals surface area contributed by atoms with Gasteiger partial charge in [-0.05, 0) is 94.8 Å². The van der Waals surface area contributed by atoms with Crippen molar-refractivity contribution in [2.45, 2.75) is 76.6 Å². The summed E-state index contributed by atoms with van der Waals surface area (Å²) in [5, 5.41) is 4.42. The summed E-state index contributed by atoms with van der Waals surface area (Å²) in [7, 11) is 0. The zero-order chi connectivity index (χ0) is 29.9. The van der Waals surface area contributed by atoms with Crippen molar-refractivity contribution in [1.82, 2.24) is 20.2 Å². The third-order valence-electron chi connectivity index (χ3n) is 8.94. The lowest BCUT2D eigenvalue weighted by molar-refractivity contribution is 0.0123. The minimum Gasteiger partial charge on any atom is -0.445 e. The van der Waals surface area contributed by atoms with Gasteiger partial charge in [-0.15, -0.1) is 0 Å². The lowest BCUT2D eigenvalue weighted by Gasteiger charge is -2.42. The zero-order valence-electron chi connectivity index (χ0n) is 25.1. The molecule has 222 valence electrons. The Morgan fingerprint density at radius 1 is 1.02 bits per heavy atom. The number of carbonyl (C=O) groups is 2. The van der Waals surface area contributed by atoms with E-state index in [4.69, 9.17) is 9.15 Å². The predicted octanol–water partition coefficient (Wildman–Crippen LogP) is 6.21. The van der Waals surface area contributed by atoms with Crippen LogP contribution in [0.25, 0.3) is 22.4 Å². The Kier molecular flexibility index (Phi) is 6.45. The summed E-state index contributed by atoms with van der Waals surface area (Å²) in [5.41, 5.74) is 4.29. The number of nitrogens with zero attached hydrogens (tertiary/aromatic N) is 4. The van der Waals surface area contributed by atoms with E-state index in [9.17, 15) is 9.59 Å². The first-order valence-electron chi connectivity index (χ1n) is 15.1. The number of aromatic nitrogens is 2. The normalized spacial score (nSPS) is 20.7. The molecule has 1 N–H and O–H groups in total. The van der Waals surface area contributed by atoms with Gasteiger partial charge in [-0.2, -0.15) is 0 Å². The third kappa shape index (κ3) is 5.11. The fourth-order valence-corrected chi connectivity index (χ4v) is 6.72. The van der Waals surface area contributed by atoms with Crippen LogP contribution in [0.3, 0.4) is 0 Å². The summed E-state index contributed by atoms with van der Waals surface area (Å²) in [6.07, 6.45) is 8.33. The first kappa shape index (κ1) is 27.4. The van der Waals surface area contributed by atoms with Gasteiger partial charge in [0.2, 0.25) is 5.89 Å². The summed E-state index contributed by atoms with van der Waals surface area (Å²) in [4.78, 5) is 40.1. The van der Waals surface area contributed by atoms with E-state index in [0.717, 1.165) is 72.1 Å². The monoisotopic (exact) mass is 579 g/mol. The molecule has 7 rings (SSSR count). The van der Waals surface area contributed by atoms with E-state index in [1.165, 1.54) is 0 Å². The molecule has 2 unspecified atom stereocenters. The highest BCUT2D eigenvalue weighted by atomic mass is 16.6. The van der Waals surface area contributed by atoms with Crippen molar-refractivity contribution in [3.8, 4) is 11.5 Å². The maximum absolute atomic E-state index is 13.9. The SMILES string of the molecule is Cc1ccc(N2CC3CCC(C2)N3C(=O)OC(C)(C)C)cc1C(=O)NC1(c2cc(-c3ncco3)cc3ncccc23)CC1. The van der Waals surface area contributed by atoms with Crippen molar-refractivity contribution in [3.63, 3.8) is 0 Å². The molecule has 2 aromatic carbocycles. The number of amides is 2. The van der Waals surface area contributed by atoms with Crippen molar-refractivity contribution in [2.75, 3.05) is 18.0 Å². The van der Waals surface area contributed by atoms with Crippen molar-refractivity contribution in [3.05, 3.63) is 77.8 Å². The molecular weight excluding hydrogens is 542 g/mol. The van der Waals surface area contributed by atoms with Crippen LogP contribution in [-0.2, 0) is 10.3 Å². The van der Waals surface area contributed by atoms with E-state index in [0.29, 0.717) is 11.5 Å². The smallest absolute Gasteiger partial charge is 0.410 e.